The fourth-order valence-electron chi connectivity index (χ4n) is 1.51. The molecule has 0 amide bonds. The summed E-state index contributed by atoms with van der Waals surface area (Å²) in [6.07, 6.45) is 0. The SMILES string of the molecule is CC1(C)CN(CS(=O)O)CCN1. The predicted molar refractivity (Wildman–Crippen MR) is 49.3 cm³/mol. The van der Waals surface area contributed by atoms with E-state index in [1.54, 1.807) is 0 Å². The topological polar surface area (TPSA) is 52.6 Å². The molecule has 12 heavy (non-hydrogen) atoms. The maximum absolute atomic E-state index is 10.5. The third-order valence-electron chi connectivity index (χ3n) is 1.94. The van der Waals surface area contributed by atoms with Crippen LogP contribution in [0.15, 0.2) is 0 Å². The van der Waals surface area contributed by atoms with E-state index in [4.69, 9.17) is 4.55 Å². The number of nitrogens with one attached hydrogen (secondary N) is 1. The Bertz CT molecular complexity index is 184. The summed E-state index contributed by atoms with van der Waals surface area (Å²) in [6.45, 7) is 6.78. The lowest BCUT2D eigenvalue weighted by molar-refractivity contribution is 0.175. The summed E-state index contributed by atoms with van der Waals surface area (Å²) in [4.78, 5) is 2.01. The van der Waals surface area contributed by atoms with Crippen LogP contribution in [0, 0.1) is 0 Å². The van der Waals surface area contributed by atoms with E-state index in [-0.39, 0.29) is 11.4 Å². The number of hydrogen-bond acceptors (Lipinski definition) is 3. The van der Waals surface area contributed by atoms with Gasteiger partial charge in [0.15, 0.2) is 11.1 Å². The Morgan fingerprint density at radius 3 is 2.83 bits per heavy atom. The largest absolute Gasteiger partial charge is 0.309 e. The van der Waals surface area contributed by atoms with Crippen molar-refractivity contribution in [3.63, 3.8) is 0 Å². The van der Waals surface area contributed by atoms with Gasteiger partial charge in [0.1, 0.15) is 5.88 Å². The number of nitrogens with zero attached hydrogens (tertiary/aromatic N) is 1. The average Bonchev–Trinajstić information content (AvgIpc) is 1.82. The van der Waals surface area contributed by atoms with Crippen LogP contribution >= 0.6 is 0 Å². The van der Waals surface area contributed by atoms with Crippen LogP contribution in [0.5, 0.6) is 0 Å². The molecule has 0 saturated carbocycles. The molecule has 0 bridgehead atoms. The summed E-state index contributed by atoms with van der Waals surface area (Å²) in [5.41, 5.74) is 0.0671. The second-order valence-electron chi connectivity index (χ2n) is 3.81. The van der Waals surface area contributed by atoms with E-state index in [0.717, 1.165) is 19.6 Å². The molecule has 4 nitrogen and oxygen atoms in total. The van der Waals surface area contributed by atoms with Gasteiger partial charge in [-0.25, -0.2) is 4.21 Å². The molecule has 1 aliphatic rings. The van der Waals surface area contributed by atoms with Crippen molar-refractivity contribution in [2.24, 2.45) is 0 Å². The normalized spacial score (nSPS) is 26.9. The van der Waals surface area contributed by atoms with Crippen molar-refractivity contribution in [2.45, 2.75) is 19.4 Å². The minimum absolute atomic E-state index is 0.0671. The molecule has 1 unspecified atom stereocenters. The van der Waals surface area contributed by atoms with E-state index in [9.17, 15) is 4.21 Å². The van der Waals surface area contributed by atoms with E-state index in [1.807, 2.05) is 4.90 Å². The fraction of sp³-hybridized carbons (Fsp3) is 1.00. The molecule has 72 valence electrons. The Morgan fingerprint density at radius 1 is 1.67 bits per heavy atom. The molecule has 1 atom stereocenters. The average molecular weight is 192 g/mol. The van der Waals surface area contributed by atoms with Gasteiger partial charge in [0.25, 0.3) is 0 Å². The number of rotatable bonds is 2. The third kappa shape index (κ3) is 3.18. The maximum Gasteiger partial charge on any atom is 0.167 e. The summed E-state index contributed by atoms with van der Waals surface area (Å²) >= 11 is -1.70. The van der Waals surface area contributed by atoms with Crippen molar-refractivity contribution in [2.75, 3.05) is 25.5 Å². The lowest BCUT2D eigenvalue weighted by atomic mass is 10.0. The van der Waals surface area contributed by atoms with E-state index in [2.05, 4.69) is 19.2 Å². The van der Waals surface area contributed by atoms with Crippen molar-refractivity contribution < 1.29 is 8.76 Å². The number of hydrogen-bond donors (Lipinski definition) is 2. The van der Waals surface area contributed by atoms with Crippen molar-refractivity contribution in [1.29, 1.82) is 0 Å². The van der Waals surface area contributed by atoms with Gasteiger partial charge in [0.05, 0.1) is 0 Å². The zero-order valence-corrected chi connectivity index (χ0v) is 8.36. The molecular weight excluding hydrogens is 176 g/mol. The molecule has 0 spiro atoms. The van der Waals surface area contributed by atoms with Crippen molar-refractivity contribution >= 4 is 11.1 Å². The van der Waals surface area contributed by atoms with E-state index < -0.39 is 11.1 Å². The summed E-state index contributed by atoms with van der Waals surface area (Å²) in [7, 11) is 0. The van der Waals surface area contributed by atoms with Gasteiger partial charge in [0.2, 0.25) is 0 Å². The summed E-state index contributed by atoms with van der Waals surface area (Å²) in [5.74, 6) is 0.269. The van der Waals surface area contributed by atoms with Crippen molar-refractivity contribution in [3.05, 3.63) is 0 Å². The molecule has 1 saturated heterocycles. The molecule has 2 N–H and O–H groups in total. The molecule has 0 aromatic carbocycles. The zero-order valence-electron chi connectivity index (χ0n) is 7.54. The monoisotopic (exact) mass is 192 g/mol. The highest BCUT2D eigenvalue weighted by Gasteiger charge is 2.25. The van der Waals surface area contributed by atoms with Crippen LogP contribution in [0.25, 0.3) is 0 Å². The molecular formula is C7H16N2O2S. The van der Waals surface area contributed by atoms with Crippen LogP contribution in [-0.4, -0.2) is 44.7 Å². The van der Waals surface area contributed by atoms with Crippen LogP contribution in [0.3, 0.4) is 0 Å². The molecule has 0 aromatic heterocycles. The van der Waals surface area contributed by atoms with E-state index >= 15 is 0 Å². The Kier molecular flexibility index (Phi) is 3.22. The quantitative estimate of drug-likeness (QED) is 0.597. The first kappa shape index (κ1) is 10.1. The van der Waals surface area contributed by atoms with Gasteiger partial charge in [-0.3, -0.25) is 4.90 Å². The first-order chi connectivity index (χ1) is 5.49. The standard InChI is InChI=1S/C7H16N2O2S/c1-7(2)5-9(4-3-8-7)6-12(10)11/h8H,3-6H2,1-2H3,(H,10,11). The Balaban J connectivity index is 2.41. The van der Waals surface area contributed by atoms with Gasteiger partial charge >= 0.3 is 0 Å². The second-order valence-corrected chi connectivity index (χ2v) is 4.71. The van der Waals surface area contributed by atoms with Gasteiger partial charge in [-0.15, -0.1) is 0 Å². The molecule has 1 fully saturated rings. The minimum Gasteiger partial charge on any atom is -0.309 e. The van der Waals surface area contributed by atoms with Crippen LogP contribution < -0.4 is 5.32 Å². The first-order valence-corrected chi connectivity index (χ1v) is 5.32. The van der Waals surface area contributed by atoms with Gasteiger partial charge < -0.3 is 9.87 Å². The third-order valence-corrected chi connectivity index (χ3v) is 2.53. The molecule has 0 radical (unpaired) electrons. The van der Waals surface area contributed by atoms with Gasteiger partial charge in [-0.1, -0.05) is 0 Å². The Morgan fingerprint density at radius 2 is 2.33 bits per heavy atom. The zero-order chi connectivity index (χ0) is 9.19. The Labute approximate surface area is 75.6 Å². The summed E-state index contributed by atoms with van der Waals surface area (Å²) in [5, 5.41) is 3.34. The highest BCUT2D eigenvalue weighted by molar-refractivity contribution is 7.79. The van der Waals surface area contributed by atoms with Crippen LogP contribution in [0.4, 0.5) is 0 Å². The predicted octanol–water partition coefficient (Wildman–Crippen LogP) is -0.151. The van der Waals surface area contributed by atoms with Crippen LogP contribution in [-0.2, 0) is 11.1 Å². The van der Waals surface area contributed by atoms with Crippen LogP contribution in [0.1, 0.15) is 13.8 Å². The van der Waals surface area contributed by atoms with Crippen molar-refractivity contribution in [1.82, 2.24) is 10.2 Å². The van der Waals surface area contributed by atoms with E-state index in [0.29, 0.717) is 0 Å². The van der Waals surface area contributed by atoms with Crippen LogP contribution in [0.2, 0.25) is 0 Å². The molecule has 0 aliphatic carbocycles. The van der Waals surface area contributed by atoms with Crippen molar-refractivity contribution in [3.8, 4) is 0 Å². The molecule has 1 heterocycles. The highest BCUT2D eigenvalue weighted by atomic mass is 32.2. The highest BCUT2D eigenvalue weighted by Crippen LogP contribution is 2.09. The molecule has 0 aromatic rings. The number of piperazine rings is 1. The smallest absolute Gasteiger partial charge is 0.167 e. The van der Waals surface area contributed by atoms with Gasteiger partial charge in [-0.2, -0.15) is 0 Å². The maximum atomic E-state index is 10.5. The second kappa shape index (κ2) is 3.83. The summed E-state index contributed by atoms with van der Waals surface area (Å²) in [6, 6.07) is 0. The van der Waals surface area contributed by atoms with Gasteiger partial charge in [0, 0.05) is 25.2 Å². The Hall–Kier alpha value is 0.0300. The lowest BCUT2D eigenvalue weighted by Crippen LogP contribution is -2.57. The first-order valence-electron chi connectivity index (χ1n) is 4.04. The minimum atomic E-state index is -1.70. The lowest BCUT2D eigenvalue weighted by Gasteiger charge is -2.38. The molecule has 1 rings (SSSR count). The summed E-state index contributed by atoms with van der Waals surface area (Å²) < 4.78 is 19.2. The van der Waals surface area contributed by atoms with E-state index in [1.165, 1.54) is 0 Å². The molecule has 5 heteroatoms. The fourth-order valence-corrected chi connectivity index (χ4v) is 2.05. The van der Waals surface area contributed by atoms with Gasteiger partial charge in [-0.05, 0) is 13.8 Å². The molecule has 1 aliphatic heterocycles.